The van der Waals surface area contributed by atoms with Crippen molar-refractivity contribution >= 4 is 5.91 Å². The molecule has 0 radical (unpaired) electrons. The summed E-state index contributed by atoms with van der Waals surface area (Å²) in [6.07, 6.45) is -3.74. The zero-order valence-corrected chi connectivity index (χ0v) is 10.6. The van der Waals surface area contributed by atoms with Crippen LogP contribution in [0.25, 0.3) is 0 Å². The van der Waals surface area contributed by atoms with Crippen molar-refractivity contribution in [3.63, 3.8) is 0 Å². The Kier molecular flexibility index (Phi) is 3.86. The summed E-state index contributed by atoms with van der Waals surface area (Å²) >= 11 is 0. The fourth-order valence-corrected chi connectivity index (χ4v) is 2.09. The zero-order chi connectivity index (χ0) is 15.0. The van der Waals surface area contributed by atoms with Crippen molar-refractivity contribution in [2.75, 3.05) is 6.61 Å². The van der Waals surface area contributed by atoms with Crippen LogP contribution in [-0.4, -0.2) is 55.7 Å². The average molecular weight is 285 g/mol. The summed E-state index contributed by atoms with van der Waals surface area (Å²) in [5.74, 6) is -1.00. The van der Waals surface area contributed by atoms with E-state index in [9.17, 15) is 19.8 Å². The third kappa shape index (κ3) is 2.31. The number of aromatic nitrogens is 2. The first kappa shape index (κ1) is 14.6. The normalized spacial score (nSPS) is 29.6. The Labute approximate surface area is 113 Å². The van der Waals surface area contributed by atoms with Gasteiger partial charge in [0.1, 0.15) is 18.3 Å². The van der Waals surface area contributed by atoms with Crippen molar-refractivity contribution < 1.29 is 24.9 Å². The van der Waals surface area contributed by atoms with Gasteiger partial charge in [-0.25, -0.2) is 4.98 Å². The number of ether oxygens (including phenoxy) is 1. The number of nitrogens with zero attached hydrogens (tertiary/aromatic N) is 2. The number of aryl methyl sites for hydroxylation is 1. The maximum absolute atomic E-state index is 12.1. The van der Waals surface area contributed by atoms with Gasteiger partial charge in [-0.3, -0.25) is 14.2 Å². The van der Waals surface area contributed by atoms with E-state index in [1.54, 1.807) is 0 Å². The molecular weight excluding hydrogens is 270 g/mol. The Morgan fingerprint density at radius 1 is 1.50 bits per heavy atom. The summed E-state index contributed by atoms with van der Waals surface area (Å²) in [6, 6.07) is 0. The molecule has 9 nitrogen and oxygen atoms in total. The smallest absolute Gasteiger partial charge is 0.284 e. The molecule has 0 aromatic carbocycles. The Balaban J connectivity index is 2.49. The summed E-state index contributed by atoms with van der Waals surface area (Å²) < 4.78 is 6.16. The Morgan fingerprint density at radius 3 is 2.65 bits per heavy atom. The van der Waals surface area contributed by atoms with Crippen LogP contribution in [0, 0.1) is 6.92 Å². The highest BCUT2D eigenvalue weighted by atomic mass is 16.6. The summed E-state index contributed by atoms with van der Waals surface area (Å²) in [4.78, 5) is 27.0. The second-order valence-corrected chi connectivity index (χ2v) is 4.54. The molecule has 1 fully saturated rings. The molecule has 0 aliphatic carbocycles. The molecule has 4 unspecified atom stereocenters. The minimum Gasteiger partial charge on any atom is -0.394 e. The lowest BCUT2D eigenvalue weighted by atomic mass is 10.1. The largest absolute Gasteiger partial charge is 0.394 e. The molecule has 1 amide bonds. The maximum atomic E-state index is 12.1. The maximum Gasteiger partial charge on any atom is 0.284 e. The van der Waals surface area contributed by atoms with E-state index < -0.39 is 48.3 Å². The molecule has 1 aromatic rings. The van der Waals surface area contributed by atoms with E-state index in [2.05, 4.69) is 4.98 Å². The summed E-state index contributed by atoms with van der Waals surface area (Å²) in [5.41, 5.74) is 4.06. The van der Waals surface area contributed by atoms with E-state index in [1.165, 1.54) is 13.1 Å². The van der Waals surface area contributed by atoms with Gasteiger partial charge < -0.3 is 25.8 Å². The third-order valence-corrected chi connectivity index (χ3v) is 3.08. The minimum atomic E-state index is -1.42. The Hall–Kier alpha value is -1.81. The molecule has 0 saturated carbocycles. The molecule has 2 rings (SSSR count). The topological polar surface area (TPSA) is 148 Å². The van der Waals surface area contributed by atoms with E-state index in [0.29, 0.717) is 5.69 Å². The first-order chi connectivity index (χ1) is 9.36. The van der Waals surface area contributed by atoms with Gasteiger partial charge >= 0.3 is 0 Å². The second kappa shape index (κ2) is 5.29. The van der Waals surface area contributed by atoms with Crippen LogP contribution in [0.2, 0.25) is 0 Å². The SMILES string of the molecule is Cc1cn(C2OC(CO)C(O)C2O)c(=O)c(C(N)=O)n1. The number of carbonyl (C=O) groups is 1. The van der Waals surface area contributed by atoms with Crippen LogP contribution in [-0.2, 0) is 4.74 Å². The monoisotopic (exact) mass is 285 g/mol. The van der Waals surface area contributed by atoms with Crippen molar-refractivity contribution in [3.05, 3.63) is 27.9 Å². The average Bonchev–Trinajstić information content (AvgIpc) is 2.68. The van der Waals surface area contributed by atoms with Crippen LogP contribution >= 0.6 is 0 Å². The van der Waals surface area contributed by atoms with Crippen molar-refractivity contribution in [1.82, 2.24) is 9.55 Å². The van der Waals surface area contributed by atoms with Crippen molar-refractivity contribution in [2.24, 2.45) is 5.73 Å². The lowest BCUT2D eigenvalue weighted by molar-refractivity contribution is -0.0546. The molecule has 0 bridgehead atoms. The van der Waals surface area contributed by atoms with Gasteiger partial charge in [0.15, 0.2) is 11.9 Å². The van der Waals surface area contributed by atoms with Crippen LogP contribution < -0.4 is 11.3 Å². The highest BCUT2D eigenvalue weighted by Crippen LogP contribution is 2.28. The van der Waals surface area contributed by atoms with Gasteiger partial charge in [0.25, 0.3) is 11.5 Å². The molecule has 1 saturated heterocycles. The quantitative estimate of drug-likeness (QED) is 0.471. The lowest BCUT2D eigenvalue weighted by Crippen LogP contribution is -2.38. The predicted octanol–water partition coefficient (Wildman–Crippen LogP) is -2.74. The van der Waals surface area contributed by atoms with Gasteiger partial charge in [-0.15, -0.1) is 0 Å². The Morgan fingerprint density at radius 2 is 2.15 bits per heavy atom. The van der Waals surface area contributed by atoms with E-state index >= 15 is 0 Å². The number of aliphatic hydroxyl groups excluding tert-OH is 3. The van der Waals surface area contributed by atoms with E-state index in [1.807, 2.05) is 0 Å². The predicted molar refractivity (Wildman–Crippen MR) is 64.8 cm³/mol. The molecule has 110 valence electrons. The first-order valence-electron chi connectivity index (χ1n) is 5.89. The Bertz CT molecular complexity index is 586. The van der Waals surface area contributed by atoms with E-state index in [0.717, 1.165) is 4.57 Å². The van der Waals surface area contributed by atoms with Crippen LogP contribution in [0.4, 0.5) is 0 Å². The number of aliphatic hydroxyl groups is 3. The van der Waals surface area contributed by atoms with Crippen LogP contribution in [0.3, 0.4) is 0 Å². The highest BCUT2D eigenvalue weighted by Gasteiger charge is 2.44. The van der Waals surface area contributed by atoms with Crippen LogP contribution in [0.1, 0.15) is 22.4 Å². The standard InChI is InChI=1S/C11H15N3O6/c1-4-2-14(10(19)6(13-4)9(12)18)11-8(17)7(16)5(3-15)20-11/h2,5,7-8,11,15-17H,3H2,1H3,(H2,12,18). The molecule has 2 heterocycles. The molecule has 9 heteroatoms. The van der Waals surface area contributed by atoms with Gasteiger partial charge in [-0.05, 0) is 6.92 Å². The molecule has 1 aliphatic heterocycles. The number of carbonyl (C=O) groups excluding carboxylic acids is 1. The number of primary amides is 1. The molecule has 1 aliphatic rings. The molecule has 0 spiro atoms. The zero-order valence-electron chi connectivity index (χ0n) is 10.6. The number of hydrogen-bond donors (Lipinski definition) is 4. The summed E-state index contributed by atoms with van der Waals surface area (Å²) in [6.45, 7) is 1.01. The van der Waals surface area contributed by atoms with E-state index in [-0.39, 0.29) is 0 Å². The van der Waals surface area contributed by atoms with Crippen molar-refractivity contribution in [3.8, 4) is 0 Å². The third-order valence-electron chi connectivity index (χ3n) is 3.08. The number of hydrogen-bond acceptors (Lipinski definition) is 7. The van der Waals surface area contributed by atoms with Crippen molar-refractivity contribution in [1.29, 1.82) is 0 Å². The van der Waals surface area contributed by atoms with Crippen LogP contribution in [0.15, 0.2) is 11.0 Å². The lowest BCUT2D eigenvalue weighted by Gasteiger charge is -2.18. The molecular formula is C11H15N3O6. The molecule has 1 aromatic heterocycles. The van der Waals surface area contributed by atoms with Gasteiger partial charge in [0, 0.05) is 6.20 Å². The van der Waals surface area contributed by atoms with Gasteiger partial charge in [0.05, 0.1) is 12.3 Å². The number of amides is 1. The van der Waals surface area contributed by atoms with E-state index in [4.69, 9.17) is 15.6 Å². The van der Waals surface area contributed by atoms with Gasteiger partial charge in [0.2, 0.25) is 0 Å². The van der Waals surface area contributed by atoms with Gasteiger partial charge in [-0.2, -0.15) is 0 Å². The molecule has 5 N–H and O–H groups in total. The molecule has 4 atom stereocenters. The highest BCUT2D eigenvalue weighted by molar-refractivity contribution is 5.90. The fraction of sp³-hybridized carbons (Fsp3) is 0.545. The fourth-order valence-electron chi connectivity index (χ4n) is 2.09. The molecule has 20 heavy (non-hydrogen) atoms. The van der Waals surface area contributed by atoms with Gasteiger partial charge in [-0.1, -0.05) is 0 Å². The van der Waals surface area contributed by atoms with Crippen LogP contribution in [0.5, 0.6) is 0 Å². The van der Waals surface area contributed by atoms with Crippen molar-refractivity contribution in [2.45, 2.75) is 31.5 Å². The number of rotatable bonds is 3. The summed E-state index contributed by atoms with van der Waals surface area (Å²) in [7, 11) is 0. The minimum absolute atomic E-state index is 0.316. The number of nitrogens with two attached hydrogens (primary N) is 1. The second-order valence-electron chi connectivity index (χ2n) is 4.54. The first-order valence-corrected chi connectivity index (χ1v) is 5.89. The summed E-state index contributed by atoms with van der Waals surface area (Å²) in [5, 5.41) is 28.6.